The Bertz CT molecular complexity index is 155. The van der Waals surface area contributed by atoms with Gasteiger partial charge >= 0.3 is 7.60 Å². The van der Waals surface area contributed by atoms with E-state index in [-0.39, 0.29) is 21.1 Å². The van der Waals surface area contributed by atoms with Gasteiger partial charge in [0.2, 0.25) is 0 Å². The fourth-order valence-corrected chi connectivity index (χ4v) is 0.575. The van der Waals surface area contributed by atoms with E-state index in [2.05, 4.69) is 5.32 Å². The summed E-state index contributed by atoms with van der Waals surface area (Å²) < 4.78 is 9.98. The zero-order valence-corrected chi connectivity index (χ0v) is 9.05. The molecule has 10 heavy (non-hydrogen) atoms. The number of rotatable bonds is 2. The fourth-order valence-electron chi connectivity index (χ4n) is 0.192. The maximum atomic E-state index is 9.98. The average molecular weight is 336 g/mol. The zero-order chi connectivity index (χ0) is 7.49. The van der Waals surface area contributed by atoms with E-state index < -0.39 is 19.8 Å². The van der Waals surface area contributed by atoms with Gasteiger partial charge in [0.05, 0.1) is 0 Å². The summed E-state index contributed by atoms with van der Waals surface area (Å²) in [6.45, 7) is 1.13. The molecule has 0 saturated carbocycles. The molecule has 0 atom stereocenters. The van der Waals surface area contributed by atoms with Gasteiger partial charge in [-0.2, -0.15) is 0 Å². The van der Waals surface area contributed by atoms with Crippen LogP contribution in [0.1, 0.15) is 6.92 Å². The summed E-state index contributed by atoms with van der Waals surface area (Å²) >= 11 is 0. The summed E-state index contributed by atoms with van der Waals surface area (Å²) in [5.74, 6) is -0.571. The Labute approximate surface area is 72.6 Å². The first-order valence-corrected chi connectivity index (χ1v) is 3.94. The number of hydrogen-bond acceptors (Lipinski definition) is 2. The largest absolute Gasteiger partial charge is 0.644 e. The first-order chi connectivity index (χ1) is 3.92. The van der Waals surface area contributed by atoms with E-state index in [4.69, 9.17) is 9.79 Å². The van der Waals surface area contributed by atoms with Gasteiger partial charge in [-0.15, -0.1) is 0 Å². The van der Waals surface area contributed by atoms with E-state index in [1.165, 1.54) is 0 Å². The minimum atomic E-state index is -4.11. The Morgan fingerprint density at radius 1 is 1.60 bits per heavy atom. The van der Waals surface area contributed by atoms with Gasteiger partial charge in [-0.25, -0.2) is 0 Å². The average Bonchev–Trinajstić information content (AvgIpc) is 1.59. The number of amides is 1. The van der Waals surface area contributed by atoms with Crippen molar-refractivity contribution in [2.24, 2.45) is 0 Å². The van der Waals surface area contributed by atoms with E-state index in [0.717, 1.165) is 6.92 Å². The first-order valence-electron chi connectivity index (χ1n) is 2.14. The summed E-state index contributed by atoms with van der Waals surface area (Å²) in [6.07, 6.45) is -0.706. The molecule has 0 aromatic carbocycles. The Balaban J connectivity index is 0. The van der Waals surface area contributed by atoms with Gasteiger partial charge < -0.3 is 19.9 Å². The van der Waals surface area contributed by atoms with Crippen LogP contribution in [0.5, 0.6) is 0 Å². The predicted molar refractivity (Wildman–Crippen MR) is 31.0 cm³/mol. The molecule has 0 aliphatic rings. The van der Waals surface area contributed by atoms with Crippen LogP contribution in [0.3, 0.4) is 0 Å². The third-order valence-electron chi connectivity index (χ3n) is 0.478. The summed E-state index contributed by atoms with van der Waals surface area (Å²) in [5, 5.41) is 2.99. The molecule has 0 heterocycles. The van der Waals surface area contributed by atoms with Crippen molar-refractivity contribution in [1.29, 1.82) is 0 Å². The molecule has 0 unspecified atom stereocenters. The van der Waals surface area contributed by atoms with Gasteiger partial charge in [0, 0.05) is 27.0 Å². The molecule has 0 aliphatic heterocycles. The van der Waals surface area contributed by atoms with Crippen LogP contribution >= 0.6 is 7.60 Å². The van der Waals surface area contributed by atoms with E-state index in [9.17, 15) is 9.36 Å². The third-order valence-corrected chi connectivity index (χ3v) is 0.987. The van der Waals surface area contributed by atoms with Crippen molar-refractivity contribution in [3.05, 3.63) is 5.32 Å². The zero-order valence-electron chi connectivity index (χ0n) is 5.22. The first kappa shape index (κ1) is 12.9. The number of nitrogens with zero attached hydrogens (tertiary/aromatic N) is 1. The second kappa shape index (κ2) is 5.02. The molecule has 1 amide bonds. The standard InChI is InChI=1S/C3H8NO4P.W/c1-3(5)4-2-9(6,7)8;/h2H2,1H3,(H3,4,5,6,7,8);/p-1. The summed E-state index contributed by atoms with van der Waals surface area (Å²) in [7, 11) is -4.11. The van der Waals surface area contributed by atoms with Gasteiger partial charge in [-0.1, -0.05) is 0 Å². The van der Waals surface area contributed by atoms with Crippen molar-refractivity contribution < 1.29 is 40.2 Å². The number of carbonyl (C=O) groups is 1. The van der Waals surface area contributed by atoms with E-state index in [1.807, 2.05) is 0 Å². The van der Waals surface area contributed by atoms with Crippen molar-refractivity contribution in [3.8, 4) is 0 Å². The van der Waals surface area contributed by atoms with Crippen molar-refractivity contribution >= 4 is 13.5 Å². The molecule has 0 aromatic heterocycles. The smallest absolute Gasteiger partial charge is 0.308 e. The van der Waals surface area contributed by atoms with Crippen LogP contribution in [0, 0.1) is 0 Å². The van der Waals surface area contributed by atoms with E-state index in [1.54, 1.807) is 0 Å². The van der Waals surface area contributed by atoms with Crippen LogP contribution in [0.4, 0.5) is 0 Å². The van der Waals surface area contributed by atoms with Crippen LogP contribution in [0.15, 0.2) is 0 Å². The SMILES string of the molecule is CC(=O)[N-]CP(=O)(O)O.[W]. The quantitative estimate of drug-likeness (QED) is 0.697. The molecule has 0 radical (unpaired) electrons. The van der Waals surface area contributed by atoms with Gasteiger partial charge in [0.1, 0.15) is 0 Å². The Hall–Kier alpha value is 0.308. The molecule has 0 bridgehead atoms. The van der Waals surface area contributed by atoms with Gasteiger partial charge in [-0.05, 0) is 13.2 Å². The molecular weight excluding hydrogens is 329 g/mol. The second-order valence-corrected chi connectivity index (χ2v) is 3.10. The van der Waals surface area contributed by atoms with Crippen molar-refractivity contribution in [2.75, 3.05) is 6.29 Å². The van der Waals surface area contributed by atoms with Crippen molar-refractivity contribution in [3.63, 3.8) is 0 Å². The molecule has 7 heteroatoms. The molecule has 0 spiro atoms. The Kier molecular flexibility index (Phi) is 6.50. The van der Waals surface area contributed by atoms with E-state index >= 15 is 0 Å². The fraction of sp³-hybridized carbons (Fsp3) is 0.667. The minimum Gasteiger partial charge on any atom is -0.644 e. The molecule has 60 valence electrons. The molecule has 0 saturated heterocycles. The van der Waals surface area contributed by atoms with Crippen LogP contribution in [0.2, 0.25) is 0 Å². The maximum Gasteiger partial charge on any atom is 0.308 e. The molecular formula is C3H7NO4PW-. The molecule has 0 aromatic rings. The molecule has 5 nitrogen and oxygen atoms in total. The number of carbonyl (C=O) groups excluding carboxylic acids is 1. The summed E-state index contributed by atoms with van der Waals surface area (Å²) in [4.78, 5) is 26.2. The Morgan fingerprint density at radius 2 is 2.00 bits per heavy atom. The maximum absolute atomic E-state index is 9.98. The van der Waals surface area contributed by atoms with Crippen LogP contribution in [-0.2, 0) is 30.4 Å². The normalized spacial score (nSPS) is 9.90. The van der Waals surface area contributed by atoms with Crippen LogP contribution < -0.4 is 0 Å². The minimum absolute atomic E-state index is 0. The second-order valence-electron chi connectivity index (χ2n) is 1.48. The molecule has 0 rings (SSSR count). The van der Waals surface area contributed by atoms with Gasteiger partial charge in [-0.3, -0.25) is 4.57 Å². The Morgan fingerprint density at radius 3 is 2.10 bits per heavy atom. The van der Waals surface area contributed by atoms with Crippen LogP contribution in [0.25, 0.3) is 5.32 Å². The monoisotopic (exact) mass is 336 g/mol. The number of hydrogen-bond donors (Lipinski definition) is 2. The van der Waals surface area contributed by atoms with Crippen molar-refractivity contribution in [2.45, 2.75) is 6.92 Å². The van der Waals surface area contributed by atoms with E-state index in [0.29, 0.717) is 0 Å². The van der Waals surface area contributed by atoms with Gasteiger partial charge in [0.15, 0.2) is 0 Å². The third kappa shape index (κ3) is 11.2. The topological polar surface area (TPSA) is 88.7 Å². The predicted octanol–water partition coefficient (Wildman–Crippen LogP) is 0.0393. The summed E-state index contributed by atoms with van der Waals surface area (Å²) in [5.41, 5.74) is 0. The molecule has 0 aliphatic carbocycles. The molecule has 0 fully saturated rings. The van der Waals surface area contributed by atoms with Gasteiger partial charge in [0.25, 0.3) is 0 Å². The van der Waals surface area contributed by atoms with Crippen molar-refractivity contribution in [1.82, 2.24) is 0 Å². The van der Waals surface area contributed by atoms with Crippen LogP contribution in [-0.4, -0.2) is 22.0 Å². The molecule has 2 N–H and O–H groups in total. The summed E-state index contributed by atoms with van der Waals surface area (Å²) in [6, 6.07) is 0.